The number of rotatable bonds is 6. The normalized spacial score (nSPS) is 13.7. The first-order chi connectivity index (χ1) is 9.70. The number of amides is 1. The molecule has 106 valence electrons. The van der Waals surface area contributed by atoms with Crippen LogP contribution in [0.1, 0.15) is 18.5 Å². The highest BCUT2D eigenvalue weighted by molar-refractivity contribution is 5.80. The number of benzene rings is 1. The monoisotopic (exact) mass is 273 g/mol. The highest BCUT2D eigenvalue weighted by Gasteiger charge is 2.21. The average molecular weight is 273 g/mol. The molecule has 0 bridgehead atoms. The number of nitrogens with one attached hydrogen (secondary N) is 1. The van der Waals surface area contributed by atoms with Crippen LogP contribution in [-0.4, -0.2) is 33.2 Å². The molecule has 2 N–H and O–H groups in total. The van der Waals surface area contributed by atoms with Crippen LogP contribution in [0.4, 0.5) is 0 Å². The number of hydrogen-bond acceptors (Lipinski definition) is 3. The molecular formula is C15H19N3O2. The Balaban J connectivity index is 2.15. The Morgan fingerprint density at radius 2 is 2.15 bits per heavy atom. The number of nitrogens with zero attached hydrogens (tertiary/aromatic N) is 2. The minimum atomic E-state index is -0.367. The van der Waals surface area contributed by atoms with Gasteiger partial charge < -0.3 is 15.0 Å². The van der Waals surface area contributed by atoms with Crippen LogP contribution in [0.25, 0.3) is 0 Å². The maximum Gasteiger partial charge on any atom is 0.243 e. The number of carbonyl (C=O) groups is 1. The van der Waals surface area contributed by atoms with Crippen molar-refractivity contribution >= 4 is 5.91 Å². The first-order valence-corrected chi connectivity index (χ1v) is 6.63. The Labute approximate surface area is 118 Å². The number of imidazole rings is 1. The third kappa shape index (κ3) is 3.68. The first-order valence-electron chi connectivity index (χ1n) is 6.63. The standard InChI is InChI=1S/C15H19N3O2/c1-12(10-19)17-15(20)14(18-8-7-16-11-18)9-13-5-3-2-4-6-13/h2-8,11-12,14,19H,9-10H2,1H3,(H,17,20)/t12?,14-/m0/s1. The molecule has 2 rings (SSSR count). The molecule has 0 radical (unpaired) electrons. The third-order valence-electron chi connectivity index (χ3n) is 3.12. The van der Waals surface area contributed by atoms with Crippen molar-refractivity contribution in [1.82, 2.24) is 14.9 Å². The van der Waals surface area contributed by atoms with Crippen LogP contribution in [-0.2, 0) is 11.2 Å². The van der Waals surface area contributed by atoms with Crippen LogP contribution in [0, 0.1) is 0 Å². The van der Waals surface area contributed by atoms with Crippen molar-refractivity contribution in [2.24, 2.45) is 0 Å². The molecule has 1 heterocycles. The van der Waals surface area contributed by atoms with Gasteiger partial charge in [-0.15, -0.1) is 0 Å². The Morgan fingerprint density at radius 1 is 1.40 bits per heavy atom. The highest BCUT2D eigenvalue weighted by atomic mass is 16.3. The van der Waals surface area contributed by atoms with E-state index >= 15 is 0 Å². The summed E-state index contributed by atoms with van der Waals surface area (Å²) in [6.45, 7) is 1.69. The van der Waals surface area contributed by atoms with E-state index in [4.69, 9.17) is 5.11 Å². The predicted molar refractivity (Wildman–Crippen MR) is 76.1 cm³/mol. The predicted octanol–water partition coefficient (Wildman–Crippen LogP) is 1.16. The molecule has 5 nitrogen and oxygen atoms in total. The highest BCUT2D eigenvalue weighted by Crippen LogP contribution is 2.14. The van der Waals surface area contributed by atoms with Gasteiger partial charge in [0.05, 0.1) is 12.9 Å². The van der Waals surface area contributed by atoms with Crippen molar-refractivity contribution in [3.63, 3.8) is 0 Å². The minimum Gasteiger partial charge on any atom is -0.394 e. The van der Waals surface area contributed by atoms with Gasteiger partial charge in [-0.25, -0.2) is 4.98 Å². The lowest BCUT2D eigenvalue weighted by Crippen LogP contribution is -2.40. The number of aromatic nitrogens is 2. The lowest BCUT2D eigenvalue weighted by Gasteiger charge is -2.20. The summed E-state index contributed by atoms with van der Waals surface area (Å²) in [7, 11) is 0. The van der Waals surface area contributed by atoms with Gasteiger partial charge >= 0.3 is 0 Å². The van der Waals surface area contributed by atoms with Gasteiger partial charge in [0.2, 0.25) is 5.91 Å². The number of aliphatic hydroxyl groups excluding tert-OH is 1. The fraction of sp³-hybridized carbons (Fsp3) is 0.333. The van der Waals surface area contributed by atoms with Gasteiger partial charge in [0.25, 0.3) is 0 Å². The third-order valence-corrected chi connectivity index (χ3v) is 3.12. The fourth-order valence-electron chi connectivity index (χ4n) is 2.01. The minimum absolute atomic E-state index is 0.0757. The van der Waals surface area contributed by atoms with E-state index in [-0.39, 0.29) is 24.6 Å². The van der Waals surface area contributed by atoms with E-state index < -0.39 is 0 Å². The molecule has 0 spiro atoms. The van der Waals surface area contributed by atoms with Gasteiger partial charge in [0.15, 0.2) is 0 Å². The van der Waals surface area contributed by atoms with Crippen LogP contribution < -0.4 is 5.32 Å². The molecule has 0 aliphatic rings. The summed E-state index contributed by atoms with van der Waals surface area (Å²) in [5, 5.41) is 11.9. The van der Waals surface area contributed by atoms with Crippen LogP contribution in [0.5, 0.6) is 0 Å². The van der Waals surface area contributed by atoms with Crippen molar-refractivity contribution in [2.75, 3.05) is 6.61 Å². The summed E-state index contributed by atoms with van der Waals surface area (Å²) in [5.74, 6) is -0.117. The van der Waals surface area contributed by atoms with Gasteiger partial charge in [0, 0.05) is 24.9 Å². The molecule has 0 aliphatic carbocycles. The van der Waals surface area contributed by atoms with E-state index in [1.54, 1.807) is 30.2 Å². The number of carbonyl (C=O) groups excluding carboxylic acids is 1. The molecule has 1 unspecified atom stereocenters. The smallest absolute Gasteiger partial charge is 0.243 e. The lowest BCUT2D eigenvalue weighted by molar-refractivity contribution is -0.125. The van der Waals surface area contributed by atoms with E-state index in [1.807, 2.05) is 30.3 Å². The molecule has 2 atom stereocenters. The van der Waals surface area contributed by atoms with Crippen LogP contribution in [0.3, 0.4) is 0 Å². The van der Waals surface area contributed by atoms with Crippen molar-refractivity contribution < 1.29 is 9.90 Å². The van der Waals surface area contributed by atoms with Gasteiger partial charge in [-0.1, -0.05) is 30.3 Å². The Kier molecular flexibility index (Phi) is 4.90. The van der Waals surface area contributed by atoms with E-state index in [0.717, 1.165) is 5.56 Å². The number of aliphatic hydroxyl groups is 1. The van der Waals surface area contributed by atoms with Crippen molar-refractivity contribution in [3.05, 3.63) is 54.6 Å². The zero-order valence-electron chi connectivity index (χ0n) is 11.4. The summed E-state index contributed by atoms with van der Waals surface area (Å²) in [6.07, 6.45) is 5.65. The second kappa shape index (κ2) is 6.86. The van der Waals surface area contributed by atoms with Gasteiger partial charge in [-0.05, 0) is 12.5 Å². The quantitative estimate of drug-likeness (QED) is 0.830. The summed E-state index contributed by atoms with van der Waals surface area (Å²) in [5.41, 5.74) is 1.08. The summed E-state index contributed by atoms with van der Waals surface area (Å²) < 4.78 is 1.78. The molecule has 0 saturated heterocycles. The van der Waals surface area contributed by atoms with E-state index in [0.29, 0.717) is 6.42 Å². The molecule has 1 aromatic heterocycles. The van der Waals surface area contributed by atoms with Crippen molar-refractivity contribution in [1.29, 1.82) is 0 Å². The maximum atomic E-state index is 12.3. The Hall–Kier alpha value is -2.14. The molecule has 0 fully saturated rings. The second-order valence-corrected chi connectivity index (χ2v) is 4.81. The topological polar surface area (TPSA) is 67.2 Å². The van der Waals surface area contributed by atoms with Crippen LogP contribution >= 0.6 is 0 Å². The van der Waals surface area contributed by atoms with Crippen molar-refractivity contribution in [3.8, 4) is 0 Å². The fourth-order valence-corrected chi connectivity index (χ4v) is 2.01. The second-order valence-electron chi connectivity index (χ2n) is 4.81. The van der Waals surface area contributed by atoms with Crippen LogP contribution in [0.15, 0.2) is 49.1 Å². The SMILES string of the molecule is CC(CO)NC(=O)[C@H](Cc1ccccc1)n1ccnc1. The summed E-state index contributed by atoms with van der Waals surface area (Å²) in [4.78, 5) is 16.3. The molecule has 0 aliphatic heterocycles. The van der Waals surface area contributed by atoms with E-state index in [1.165, 1.54) is 0 Å². The van der Waals surface area contributed by atoms with Gasteiger partial charge in [-0.3, -0.25) is 4.79 Å². The molecule has 1 aromatic carbocycles. The molecule has 5 heteroatoms. The van der Waals surface area contributed by atoms with Gasteiger partial charge in [0.1, 0.15) is 6.04 Å². The first kappa shape index (κ1) is 14.3. The molecular weight excluding hydrogens is 254 g/mol. The number of hydrogen-bond donors (Lipinski definition) is 2. The van der Waals surface area contributed by atoms with E-state index in [2.05, 4.69) is 10.3 Å². The lowest BCUT2D eigenvalue weighted by atomic mass is 10.0. The van der Waals surface area contributed by atoms with Crippen molar-refractivity contribution in [2.45, 2.75) is 25.4 Å². The maximum absolute atomic E-state index is 12.3. The zero-order chi connectivity index (χ0) is 14.4. The average Bonchev–Trinajstić information content (AvgIpc) is 2.99. The van der Waals surface area contributed by atoms with Gasteiger partial charge in [-0.2, -0.15) is 0 Å². The summed E-state index contributed by atoms with van der Waals surface area (Å²) >= 11 is 0. The molecule has 20 heavy (non-hydrogen) atoms. The molecule has 1 amide bonds. The largest absolute Gasteiger partial charge is 0.394 e. The molecule has 0 saturated carbocycles. The Morgan fingerprint density at radius 3 is 2.75 bits per heavy atom. The Bertz CT molecular complexity index is 525. The van der Waals surface area contributed by atoms with E-state index in [9.17, 15) is 4.79 Å². The summed E-state index contributed by atoms with van der Waals surface area (Å²) in [6, 6.07) is 9.21. The molecule has 2 aromatic rings. The van der Waals surface area contributed by atoms with Crippen LogP contribution in [0.2, 0.25) is 0 Å². The zero-order valence-corrected chi connectivity index (χ0v) is 11.4.